The van der Waals surface area contributed by atoms with Gasteiger partial charge in [-0.2, -0.15) is 5.26 Å². The molecule has 1 heterocycles. The van der Waals surface area contributed by atoms with Crippen LogP contribution in [0.4, 0.5) is 5.69 Å². The number of allylic oxidation sites excluding steroid dienone is 3. The monoisotopic (exact) mass is 343 g/mol. The maximum absolute atomic E-state index is 12.1. The molecule has 0 radical (unpaired) electrons. The Balaban J connectivity index is 1.66. The van der Waals surface area contributed by atoms with Gasteiger partial charge < -0.3 is 9.88 Å². The quantitative estimate of drug-likeness (QED) is 0.896. The number of rotatable bonds is 3. The highest BCUT2D eigenvalue weighted by Crippen LogP contribution is 2.34. The normalized spacial score (nSPS) is 15.7. The highest BCUT2D eigenvalue weighted by atomic mass is 16.1. The third-order valence-corrected chi connectivity index (χ3v) is 5.39. The summed E-state index contributed by atoms with van der Waals surface area (Å²) in [6.07, 6.45) is 12.0. The lowest BCUT2D eigenvalue weighted by atomic mass is 9.85. The van der Waals surface area contributed by atoms with Crippen molar-refractivity contribution in [2.75, 3.05) is 5.32 Å². The minimum Gasteiger partial charge on any atom is -0.346 e. The van der Waals surface area contributed by atoms with Gasteiger partial charge in [0.05, 0.1) is 11.3 Å². The zero-order valence-corrected chi connectivity index (χ0v) is 14.8. The standard InChI is InChI=1S/C22H21N3O/c1-25-20-9-4-2-3-8-18(20)19(14-23)21(25)15-10-12-17(13-11-15)24-22(26)16-6-5-7-16/h2-4,8,10-13,16H,5-7,9H2,1H3,(H,24,26). The summed E-state index contributed by atoms with van der Waals surface area (Å²) < 4.78 is 2.11. The van der Waals surface area contributed by atoms with E-state index in [9.17, 15) is 10.1 Å². The Morgan fingerprint density at radius 2 is 2.00 bits per heavy atom. The van der Waals surface area contributed by atoms with Gasteiger partial charge in [-0.25, -0.2) is 0 Å². The molecule has 1 saturated carbocycles. The summed E-state index contributed by atoms with van der Waals surface area (Å²) in [5.74, 6) is 0.285. The minimum absolute atomic E-state index is 0.115. The maximum Gasteiger partial charge on any atom is 0.227 e. The van der Waals surface area contributed by atoms with Crippen LogP contribution < -0.4 is 5.32 Å². The van der Waals surface area contributed by atoms with Gasteiger partial charge in [0.1, 0.15) is 6.07 Å². The van der Waals surface area contributed by atoms with E-state index in [0.29, 0.717) is 5.56 Å². The second kappa shape index (κ2) is 6.68. The van der Waals surface area contributed by atoms with E-state index in [1.807, 2.05) is 49.5 Å². The van der Waals surface area contributed by atoms with Gasteiger partial charge in [0.15, 0.2) is 0 Å². The smallest absolute Gasteiger partial charge is 0.227 e. The van der Waals surface area contributed by atoms with Crippen LogP contribution in [-0.2, 0) is 18.3 Å². The van der Waals surface area contributed by atoms with Crippen LogP contribution in [0.1, 0.15) is 36.1 Å². The van der Waals surface area contributed by atoms with Crippen LogP contribution >= 0.6 is 0 Å². The Labute approximate surface area is 153 Å². The third-order valence-electron chi connectivity index (χ3n) is 5.39. The number of benzene rings is 1. The maximum atomic E-state index is 12.1. The number of nitrogens with one attached hydrogen (secondary N) is 1. The van der Waals surface area contributed by atoms with Crippen molar-refractivity contribution in [3.8, 4) is 17.3 Å². The molecular weight excluding hydrogens is 322 g/mol. The van der Waals surface area contributed by atoms with Crippen molar-refractivity contribution in [1.82, 2.24) is 4.57 Å². The number of amides is 1. The lowest BCUT2D eigenvalue weighted by molar-refractivity contribution is -0.122. The zero-order chi connectivity index (χ0) is 18.1. The average molecular weight is 343 g/mol. The number of aromatic nitrogens is 1. The van der Waals surface area contributed by atoms with Gasteiger partial charge in [-0.05, 0) is 30.5 Å². The highest BCUT2D eigenvalue weighted by molar-refractivity contribution is 5.93. The summed E-state index contributed by atoms with van der Waals surface area (Å²) >= 11 is 0. The lowest BCUT2D eigenvalue weighted by Gasteiger charge is -2.24. The first-order valence-corrected chi connectivity index (χ1v) is 9.05. The predicted octanol–water partition coefficient (Wildman–Crippen LogP) is 4.43. The van der Waals surface area contributed by atoms with Crippen LogP contribution in [0.3, 0.4) is 0 Å². The van der Waals surface area contributed by atoms with Crippen LogP contribution in [0.25, 0.3) is 17.3 Å². The summed E-state index contributed by atoms with van der Waals surface area (Å²) in [7, 11) is 2.01. The second-order valence-corrected chi connectivity index (χ2v) is 6.94. The average Bonchev–Trinajstić information content (AvgIpc) is 2.75. The molecular formula is C22H21N3O. The third kappa shape index (κ3) is 2.76. The molecule has 2 aliphatic carbocycles. The van der Waals surface area contributed by atoms with Gasteiger partial charge in [-0.3, -0.25) is 4.79 Å². The van der Waals surface area contributed by atoms with Crippen molar-refractivity contribution in [3.63, 3.8) is 0 Å². The van der Waals surface area contributed by atoms with E-state index in [-0.39, 0.29) is 11.8 Å². The topological polar surface area (TPSA) is 57.8 Å². The number of nitrogens with zero attached hydrogens (tertiary/aromatic N) is 2. The van der Waals surface area contributed by atoms with Crippen molar-refractivity contribution in [3.05, 3.63) is 59.3 Å². The van der Waals surface area contributed by atoms with E-state index >= 15 is 0 Å². The molecule has 0 atom stereocenters. The Bertz CT molecular complexity index is 951. The van der Waals surface area contributed by atoms with Gasteiger partial charge in [0, 0.05) is 36.3 Å². The van der Waals surface area contributed by atoms with Gasteiger partial charge in [0.2, 0.25) is 5.91 Å². The van der Waals surface area contributed by atoms with Crippen LogP contribution in [-0.4, -0.2) is 10.5 Å². The first-order valence-electron chi connectivity index (χ1n) is 9.05. The number of anilines is 1. The van der Waals surface area contributed by atoms with Crippen LogP contribution in [0.2, 0.25) is 0 Å². The molecule has 1 fully saturated rings. The Morgan fingerprint density at radius 1 is 1.23 bits per heavy atom. The molecule has 2 aromatic rings. The van der Waals surface area contributed by atoms with E-state index in [2.05, 4.69) is 22.0 Å². The molecule has 0 spiro atoms. The number of carbonyl (C=O) groups excluding carboxylic acids is 1. The summed E-state index contributed by atoms with van der Waals surface area (Å²) in [5, 5.41) is 12.7. The second-order valence-electron chi connectivity index (χ2n) is 6.94. The SMILES string of the molecule is Cn1c2c(c(C#N)c1-c1ccc(NC(=O)C3CCC3)cc1)C=CC=CC2. The number of fused-ring (bicyclic) bond motifs is 1. The van der Waals surface area contributed by atoms with E-state index in [1.165, 1.54) is 0 Å². The fraction of sp³-hybridized carbons (Fsp3) is 0.273. The molecule has 4 nitrogen and oxygen atoms in total. The Kier molecular flexibility index (Phi) is 4.22. The fourth-order valence-corrected chi connectivity index (χ4v) is 3.67. The van der Waals surface area contributed by atoms with Crippen molar-refractivity contribution in [2.24, 2.45) is 13.0 Å². The largest absolute Gasteiger partial charge is 0.346 e. The highest BCUT2D eigenvalue weighted by Gasteiger charge is 2.25. The van der Waals surface area contributed by atoms with Crippen LogP contribution in [0.5, 0.6) is 0 Å². The molecule has 1 aromatic heterocycles. The first-order chi connectivity index (χ1) is 12.7. The van der Waals surface area contributed by atoms with Gasteiger partial charge >= 0.3 is 0 Å². The summed E-state index contributed by atoms with van der Waals surface area (Å²) in [5.41, 5.74) is 5.56. The molecule has 4 heteroatoms. The van der Waals surface area contributed by atoms with Gasteiger partial charge in [-0.15, -0.1) is 0 Å². The molecule has 1 N–H and O–H groups in total. The molecule has 0 unspecified atom stereocenters. The number of hydrogen-bond acceptors (Lipinski definition) is 2. The molecule has 4 rings (SSSR count). The van der Waals surface area contributed by atoms with E-state index in [1.54, 1.807) is 0 Å². The van der Waals surface area contributed by atoms with Crippen LogP contribution in [0.15, 0.2) is 42.5 Å². The molecule has 26 heavy (non-hydrogen) atoms. The van der Waals surface area contributed by atoms with Gasteiger partial charge in [-0.1, -0.05) is 42.9 Å². The molecule has 2 aliphatic rings. The molecule has 130 valence electrons. The predicted molar refractivity (Wildman–Crippen MR) is 103 cm³/mol. The van der Waals surface area contributed by atoms with Crippen molar-refractivity contribution < 1.29 is 4.79 Å². The first kappa shape index (κ1) is 16.4. The summed E-state index contributed by atoms with van der Waals surface area (Å²) in [6.45, 7) is 0. The van der Waals surface area contributed by atoms with E-state index in [4.69, 9.17) is 0 Å². The van der Waals surface area contributed by atoms with Crippen molar-refractivity contribution >= 4 is 17.7 Å². The van der Waals surface area contributed by atoms with Crippen LogP contribution in [0, 0.1) is 17.2 Å². The molecule has 1 amide bonds. The summed E-state index contributed by atoms with van der Waals surface area (Å²) in [4.78, 5) is 12.1. The van der Waals surface area contributed by atoms with Crippen molar-refractivity contribution in [1.29, 1.82) is 5.26 Å². The number of carbonyl (C=O) groups is 1. The molecule has 0 saturated heterocycles. The fourth-order valence-electron chi connectivity index (χ4n) is 3.67. The minimum atomic E-state index is 0.115. The Hall–Kier alpha value is -3.06. The van der Waals surface area contributed by atoms with E-state index in [0.717, 1.165) is 53.9 Å². The molecule has 0 aliphatic heterocycles. The molecule has 0 bridgehead atoms. The zero-order valence-electron chi connectivity index (χ0n) is 14.8. The number of nitriles is 1. The summed E-state index contributed by atoms with van der Waals surface area (Å²) in [6, 6.07) is 10.2. The molecule has 1 aromatic carbocycles. The number of hydrogen-bond donors (Lipinski definition) is 1. The van der Waals surface area contributed by atoms with Crippen molar-refractivity contribution in [2.45, 2.75) is 25.7 Å². The lowest BCUT2D eigenvalue weighted by Crippen LogP contribution is -2.27. The van der Waals surface area contributed by atoms with E-state index < -0.39 is 0 Å². The van der Waals surface area contributed by atoms with Gasteiger partial charge in [0.25, 0.3) is 0 Å². The Morgan fingerprint density at radius 3 is 2.65 bits per heavy atom.